The average molecular weight is 256 g/mol. The minimum absolute atomic E-state index is 0.676. The number of aryl methyl sites for hydroxylation is 2. The Morgan fingerprint density at radius 1 is 1.16 bits per heavy atom. The maximum absolute atomic E-state index is 6.51. The van der Waals surface area contributed by atoms with Gasteiger partial charge in [0.15, 0.2) is 0 Å². The Labute approximate surface area is 114 Å². The van der Waals surface area contributed by atoms with Gasteiger partial charge in [-0.05, 0) is 49.6 Å². The molecule has 0 saturated heterocycles. The first-order valence-electron chi connectivity index (χ1n) is 6.33. The van der Waals surface area contributed by atoms with E-state index in [4.69, 9.17) is 10.5 Å². The van der Waals surface area contributed by atoms with Crippen molar-refractivity contribution in [2.75, 3.05) is 7.11 Å². The number of pyridine rings is 1. The Morgan fingerprint density at radius 2 is 1.89 bits per heavy atom. The third-order valence-electron chi connectivity index (χ3n) is 3.59. The Bertz CT molecular complexity index is 591. The molecular formula is C16H20N2O. The normalized spacial score (nSPS) is 13.9. The van der Waals surface area contributed by atoms with Gasteiger partial charge in [-0.2, -0.15) is 0 Å². The first-order valence-corrected chi connectivity index (χ1v) is 6.33. The highest BCUT2D eigenvalue weighted by Crippen LogP contribution is 2.32. The van der Waals surface area contributed by atoms with Gasteiger partial charge in [-0.15, -0.1) is 0 Å². The fraction of sp³-hybridized carbons (Fsp3) is 0.312. The molecule has 3 heteroatoms. The molecule has 1 unspecified atom stereocenters. The van der Waals surface area contributed by atoms with Gasteiger partial charge in [0.25, 0.3) is 0 Å². The van der Waals surface area contributed by atoms with Crippen LogP contribution >= 0.6 is 0 Å². The summed E-state index contributed by atoms with van der Waals surface area (Å²) < 4.78 is 5.36. The summed E-state index contributed by atoms with van der Waals surface area (Å²) in [6.45, 7) is 6.14. The van der Waals surface area contributed by atoms with Crippen molar-refractivity contribution < 1.29 is 4.74 Å². The Hall–Kier alpha value is -1.87. The van der Waals surface area contributed by atoms with E-state index in [1.807, 2.05) is 19.1 Å². The van der Waals surface area contributed by atoms with Crippen LogP contribution < -0.4 is 10.5 Å². The molecule has 2 rings (SSSR count). The lowest BCUT2D eigenvalue weighted by Crippen LogP contribution is -2.35. The summed E-state index contributed by atoms with van der Waals surface area (Å²) in [6.07, 6.45) is 1.74. The van der Waals surface area contributed by atoms with Gasteiger partial charge in [0, 0.05) is 6.20 Å². The fourth-order valence-corrected chi connectivity index (χ4v) is 2.15. The largest absolute Gasteiger partial charge is 0.495 e. The van der Waals surface area contributed by atoms with Gasteiger partial charge in [-0.3, -0.25) is 4.98 Å². The molecule has 0 radical (unpaired) electrons. The minimum atomic E-state index is -0.676. The summed E-state index contributed by atoms with van der Waals surface area (Å²) in [5.74, 6) is 0.714. The van der Waals surface area contributed by atoms with Crippen LogP contribution in [0.3, 0.4) is 0 Å². The van der Waals surface area contributed by atoms with Gasteiger partial charge >= 0.3 is 0 Å². The van der Waals surface area contributed by atoms with E-state index in [1.165, 1.54) is 11.1 Å². The Kier molecular flexibility index (Phi) is 3.58. The van der Waals surface area contributed by atoms with Crippen molar-refractivity contribution in [3.05, 3.63) is 58.9 Å². The van der Waals surface area contributed by atoms with Crippen molar-refractivity contribution in [1.82, 2.24) is 4.98 Å². The van der Waals surface area contributed by atoms with Crippen LogP contribution in [0.5, 0.6) is 5.75 Å². The van der Waals surface area contributed by atoms with Gasteiger partial charge in [-0.1, -0.05) is 18.2 Å². The van der Waals surface area contributed by atoms with Gasteiger partial charge < -0.3 is 10.5 Å². The number of rotatable bonds is 3. The standard InChI is InChI=1S/C16H20N2O/c1-11-7-8-13(10-12(11)2)16(3,17)15-14(19-4)6-5-9-18-15/h5-10H,17H2,1-4H3. The first-order chi connectivity index (χ1) is 8.96. The minimum Gasteiger partial charge on any atom is -0.495 e. The van der Waals surface area contributed by atoms with Crippen LogP contribution in [0.4, 0.5) is 0 Å². The summed E-state index contributed by atoms with van der Waals surface area (Å²) in [6, 6.07) is 9.98. The molecular weight excluding hydrogens is 236 g/mol. The number of nitrogens with zero attached hydrogens (tertiary/aromatic N) is 1. The third kappa shape index (κ3) is 2.47. The molecule has 1 aromatic carbocycles. The van der Waals surface area contributed by atoms with Gasteiger partial charge in [0.2, 0.25) is 0 Å². The van der Waals surface area contributed by atoms with E-state index >= 15 is 0 Å². The topological polar surface area (TPSA) is 48.1 Å². The second-order valence-corrected chi connectivity index (χ2v) is 5.06. The number of nitrogens with two attached hydrogens (primary N) is 1. The van der Waals surface area contributed by atoms with Crippen molar-refractivity contribution in [1.29, 1.82) is 0 Å². The molecule has 0 aliphatic carbocycles. The second-order valence-electron chi connectivity index (χ2n) is 5.06. The predicted octanol–water partition coefficient (Wildman–Crippen LogP) is 2.93. The molecule has 19 heavy (non-hydrogen) atoms. The van der Waals surface area contributed by atoms with E-state index in [1.54, 1.807) is 13.3 Å². The molecule has 0 fully saturated rings. The molecule has 0 bridgehead atoms. The highest BCUT2D eigenvalue weighted by atomic mass is 16.5. The molecule has 0 spiro atoms. The molecule has 0 amide bonds. The highest BCUT2D eigenvalue weighted by Gasteiger charge is 2.28. The number of hydrogen-bond donors (Lipinski definition) is 1. The number of hydrogen-bond acceptors (Lipinski definition) is 3. The molecule has 2 aromatic rings. The zero-order valence-corrected chi connectivity index (χ0v) is 11.9. The van der Waals surface area contributed by atoms with Crippen molar-refractivity contribution in [3.8, 4) is 5.75 Å². The monoisotopic (exact) mass is 256 g/mol. The van der Waals surface area contributed by atoms with Crippen LogP contribution in [0, 0.1) is 13.8 Å². The summed E-state index contributed by atoms with van der Waals surface area (Å²) in [5, 5.41) is 0. The quantitative estimate of drug-likeness (QED) is 0.918. The third-order valence-corrected chi connectivity index (χ3v) is 3.59. The van der Waals surface area contributed by atoms with Crippen LogP contribution in [0.1, 0.15) is 29.3 Å². The van der Waals surface area contributed by atoms with Crippen LogP contribution in [0.25, 0.3) is 0 Å². The maximum atomic E-state index is 6.51. The molecule has 0 saturated carbocycles. The number of aromatic nitrogens is 1. The van der Waals surface area contributed by atoms with E-state index < -0.39 is 5.54 Å². The highest BCUT2D eigenvalue weighted by molar-refractivity contribution is 5.43. The van der Waals surface area contributed by atoms with Crippen molar-refractivity contribution >= 4 is 0 Å². The second kappa shape index (κ2) is 5.02. The van der Waals surface area contributed by atoms with Gasteiger partial charge in [0.05, 0.1) is 12.6 Å². The fourth-order valence-electron chi connectivity index (χ4n) is 2.15. The predicted molar refractivity (Wildman–Crippen MR) is 77.3 cm³/mol. The van der Waals surface area contributed by atoms with Crippen LogP contribution in [0.2, 0.25) is 0 Å². The molecule has 2 N–H and O–H groups in total. The summed E-state index contributed by atoms with van der Waals surface area (Å²) in [4.78, 5) is 4.40. The maximum Gasteiger partial charge on any atom is 0.142 e. The number of methoxy groups -OCH3 is 1. The van der Waals surface area contributed by atoms with E-state index in [2.05, 4.69) is 37.0 Å². The Balaban J connectivity index is 2.54. The van der Waals surface area contributed by atoms with Crippen molar-refractivity contribution in [3.63, 3.8) is 0 Å². The van der Waals surface area contributed by atoms with Gasteiger partial charge in [0.1, 0.15) is 11.4 Å². The average Bonchev–Trinajstić information content (AvgIpc) is 2.41. The van der Waals surface area contributed by atoms with Crippen molar-refractivity contribution in [2.45, 2.75) is 26.3 Å². The molecule has 1 atom stereocenters. The van der Waals surface area contributed by atoms with Gasteiger partial charge in [-0.25, -0.2) is 0 Å². The number of ether oxygens (including phenoxy) is 1. The smallest absolute Gasteiger partial charge is 0.142 e. The Morgan fingerprint density at radius 3 is 2.53 bits per heavy atom. The first kappa shape index (κ1) is 13.6. The summed E-state index contributed by atoms with van der Waals surface area (Å²) in [7, 11) is 1.64. The van der Waals surface area contributed by atoms with Crippen LogP contribution in [-0.4, -0.2) is 12.1 Å². The van der Waals surface area contributed by atoms with Crippen molar-refractivity contribution in [2.24, 2.45) is 5.73 Å². The van der Waals surface area contributed by atoms with E-state index in [0.717, 1.165) is 11.3 Å². The zero-order chi connectivity index (χ0) is 14.0. The number of benzene rings is 1. The summed E-state index contributed by atoms with van der Waals surface area (Å²) >= 11 is 0. The zero-order valence-electron chi connectivity index (χ0n) is 11.9. The lowest BCUT2D eigenvalue weighted by Gasteiger charge is -2.27. The van der Waals surface area contributed by atoms with E-state index in [-0.39, 0.29) is 0 Å². The van der Waals surface area contributed by atoms with Crippen LogP contribution in [0.15, 0.2) is 36.5 Å². The lowest BCUT2D eigenvalue weighted by molar-refractivity contribution is 0.393. The molecule has 3 nitrogen and oxygen atoms in total. The SMILES string of the molecule is COc1cccnc1C(C)(N)c1ccc(C)c(C)c1. The lowest BCUT2D eigenvalue weighted by atomic mass is 9.87. The van der Waals surface area contributed by atoms with E-state index in [9.17, 15) is 0 Å². The summed E-state index contributed by atoms with van der Waals surface area (Å²) in [5.41, 5.74) is 10.1. The molecule has 0 aliphatic heterocycles. The molecule has 1 aromatic heterocycles. The molecule has 0 aliphatic rings. The molecule has 1 heterocycles. The van der Waals surface area contributed by atoms with E-state index in [0.29, 0.717) is 5.75 Å². The van der Waals surface area contributed by atoms with Crippen LogP contribution in [-0.2, 0) is 5.54 Å². The molecule has 100 valence electrons.